The first-order chi connectivity index (χ1) is 10.3. The zero-order valence-corrected chi connectivity index (χ0v) is 13.2. The van der Waals surface area contributed by atoms with E-state index in [9.17, 15) is 0 Å². The largest absolute Gasteiger partial charge is 0.496 e. The molecule has 1 aromatic heterocycles. The van der Waals surface area contributed by atoms with Crippen molar-refractivity contribution in [3.8, 4) is 5.75 Å². The quantitative estimate of drug-likeness (QED) is 0.796. The molecule has 0 aliphatic heterocycles. The molecule has 0 amide bonds. The minimum Gasteiger partial charge on any atom is -0.496 e. The third kappa shape index (κ3) is 3.77. The van der Waals surface area contributed by atoms with Gasteiger partial charge in [-0.3, -0.25) is 0 Å². The second kappa shape index (κ2) is 6.49. The molecule has 0 unspecified atom stereocenters. The second-order valence-electron chi connectivity index (χ2n) is 5.26. The zero-order valence-electron chi connectivity index (χ0n) is 12.4. The van der Waals surface area contributed by atoms with Crippen LogP contribution in [0.15, 0.2) is 29.7 Å². The number of benzene rings is 1. The molecule has 1 heterocycles. The molecule has 0 radical (unpaired) electrons. The Bertz CT molecular complexity index is 609. The number of hydrogen-bond donors (Lipinski definition) is 1. The van der Waals surface area contributed by atoms with E-state index in [2.05, 4.69) is 33.6 Å². The van der Waals surface area contributed by atoms with E-state index in [4.69, 9.17) is 4.74 Å². The van der Waals surface area contributed by atoms with Gasteiger partial charge in [0.1, 0.15) is 12.1 Å². The first kappa shape index (κ1) is 14.4. The molecule has 6 heteroatoms. The van der Waals surface area contributed by atoms with Gasteiger partial charge in [0.15, 0.2) is 5.16 Å². The van der Waals surface area contributed by atoms with Gasteiger partial charge in [-0.15, -0.1) is 0 Å². The maximum Gasteiger partial charge on any atom is 0.186 e. The number of methoxy groups -OCH3 is 1. The van der Waals surface area contributed by atoms with E-state index in [0.717, 1.165) is 29.2 Å². The molecule has 1 aromatic carbocycles. The van der Waals surface area contributed by atoms with E-state index in [1.165, 1.54) is 24.0 Å². The van der Waals surface area contributed by atoms with Crippen LogP contribution < -0.4 is 10.1 Å². The van der Waals surface area contributed by atoms with Crippen LogP contribution in [-0.4, -0.2) is 27.9 Å². The van der Waals surface area contributed by atoms with Crippen LogP contribution in [0.5, 0.6) is 5.75 Å². The summed E-state index contributed by atoms with van der Waals surface area (Å²) in [5, 5.41) is 8.55. The molecule has 21 heavy (non-hydrogen) atoms. The van der Waals surface area contributed by atoms with Crippen molar-refractivity contribution in [2.75, 3.05) is 7.11 Å². The highest BCUT2D eigenvalue weighted by molar-refractivity contribution is 7.98. The summed E-state index contributed by atoms with van der Waals surface area (Å²) in [5.74, 6) is 1.76. The first-order valence-corrected chi connectivity index (χ1v) is 8.11. The number of nitrogens with zero attached hydrogens (tertiary/aromatic N) is 3. The Labute approximate surface area is 129 Å². The number of hydrogen-bond acceptors (Lipinski definition) is 5. The van der Waals surface area contributed by atoms with Crippen molar-refractivity contribution in [3.63, 3.8) is 0 Å². The minimum atomic E-state index is 0.726. The molecule has 112 valence electrons. The lowest BCUT2D eigenvalue weighted by atomic mass is 10.1. The standard InChI is InChI=1S/C15H20N4OS/c1-19-15(17-10-18-19)21-9-12-7-11(3-6-14(12)20-2)8-16-13-4-5-13/h3,6-7,10,13,16H,4-5,8-9H2,1-2H3. The number of ether oxygens (including phenoxy) is 1. The molecule has 1 aliphatic carbocycles. The number of rotatable bonds is 7. The van der Waals surface area contributed by atoms with Crippen LogP contribution >= 0.6 is 11.8 Å². The molecule has 0 atom stereocenters. The van der Waals surface area contributed by atoms with Crippen molar-refractivity contribution in [2.45, 2.75) is 36.3 Å². The topological polar surface area (TPSA) is 52.0 Å². The molecule has 0 bridgehead atoms. The van der Waals surface area contributed by atoms with Crippen molar-refractivity contribution in [2.24, 2.45) is 7.05 Å². The highest BCUT2D eigenvalue weighted by atomic mass is 32.2. The monoisotopic (exact) mass is 304 g/mol. The molecule has 0 spiro atoms. The zero-order chi connectivity index (χ0) is 14.7. The summed E-state index contributed by atoms with van der Waals surface area (Å²) in [4.78, 5) is 4.24. The smallest absolute Gasteiger partial charge is 0.186 e. The third-order valence-corrected chi connectivity index (χ3v) is 4.63. The molecule has 5 nitrogen and oxygen atoms in total. The highest BCUT2D eigenvalue weighted by Gasteiger charge is 2.20. The molecule has 1 fully saturated rings. The molecule has 3 rings (SSSR count). The van der Waals surface area contributed by atoms with Crippen LogP contribution in [0, 0.1) is 0 Å². The van der Waals surface area contributed by atoms with Gasteiger partial charge in [0.05, 0.1) is 7.11 Å². The van der Waals surface area contributed by atoms with Gasteiger partial charge in [0, 0.05) is 31.0 Å². The molecular formula is C15H20N4OS. The number of aryl methyl sites for hydroxylation is 1. The van der Waals surface area contributed by atoms with Gasteiger partial charge < -0.3 is 10.1 Å². The van der Waals surface area contributed by atoms with Crippen LogP contribution in [0.4, 0.5) is 0 Å². The first-order valence-electron chi connectivity index (χ1n) is 7.12. The summed E-state index contributed by atoms with van der Waals surface area (Å²) in [6.07, 6.45) is 4.20. The van der Waals surface area contributed by atoms with E-state index in [1.807, 2.05) is 7.05 Å². The van der Waals surface area contributed by atoms with Crippen molar-refractivity contribution < 1.29 is 4.74 Å². The second-order valence-corrected chi connectivity index (χ2v) is 6.20. The Hall–Kier alpha value is -1.53. The minimum absolute atomic E-state index is 0.726. The van der Waals surface area contributed by atoms with Gasteiger partial charge in [0.25, 0.3) is 0 Å². The number of nitrogens with one attached hydrogen (secondary N) is 1. The van der Waals surface area contributed by atoms with Crippen molar-refractivity contribution in [1.82, 2.24) is 20.1 Å². The maximum atomic E-state index is 5.46. The third-order valence-electron chi connectivity index (χ3n) is 3.54. The van der Waals surface area contributed by atoms with Crippen LogP contribution in [0.25, 0.3) is 0 Å². The lowest BCUT2D eigenvalue weighted by molar-refractivity contribution is 0.411. The summed E-state index contributed by atoms with van der Waals surface area (Å²) in [7, 11) is 3.62. The van der Waals surface area contributed by atoms with E-state index >= 15 is 0 Å². The predicted molar refractivity (Wildman–Crippen MR) is 83.4 cm³/mol. The van der Waals surface area contributed by atoms with Crippen LogP contribution in [-0.2, 0) is 19.3 Å². The Morgan fingerprint density at radius 2 is 2.29 bits per heavy atom. The summed E-state index contributed by atoms with van der Waals surface area (Å²) >= 11 is 1.67. The molecular weight excluding hydrogens is 284 g/mol. The fraction of sp³-hybridized carbons (Fsp3) is 0.467. The van der Waals surface area contributed by atoms with Gasteiger partial charge in [-0.25, -0.2) is 9.67 Å². The van der Waals surface area contributed by atoms with Gasteiger partial charge in [-0.2, -0.15) is 5.10 Å². The van der Waals surface area contributed by atoms with E-state index in [-0.39, 0.29) is 0 Å². The van der Waals surface area contributed by atoms with Gasteiger partial charge in [-0.1, -0.05) is 17.8 Å². The summed E-state index contributed by atoms with van der Waals surface area (Å²) in [6.45, 7) is 0.927. The van der Waals surface area contributed by atoms with Crippen LogP contribution in [0.3, 0.4) is 0 Å². The van der Waals surface area contributed by atoms with Crippen molar-refractivity contribution >= 4 is 11.8 Å². The Kier molecular flexibility index (Phi) is 4.45. The molecule has 1 N–H and O–H groups in total. The Morgan fingerprint density at radius 3 is 2.95 bits per heavy atom. The molecule has 2 aromatic rings. The van der Waals surface area contributed by atoms with E-state index in [1.54, 1.807) is 29.9 Å². The summed E-state index contributed by atoms with van der Waals surface area (Å²) < 4.78 is 7.25. The van der Waals surface area contributed by atoms with Gasteiger partial charge >= 0.3 is 0 Å². The highest BCUT2D eigenvalue weighted by Crippen LogP contribution is 2.28. The molecule has 0 saturated heterocycles. The average molecular weight is 304 g/mol. The van der Waals surface area contributed by atoms with E-state index in [0.29, 0.717) is 0 Å². The molecule has 1 saturated carbocycles. The van der Waals surface area contributed by atoms with E-state index < -0.39 is 0 Å². The fourth-order valence-corrected chi connectivity index (χ4v) is 3.03. The molecule has 1 aliphatic rings. The predicted octanol–water partition coefficient (Wildman–Crippen LogP) is 2.37. The Morgan fingerprint density at radius 1 is 1.43 bits per heavy atom. The number of aromatic nitrogens is 3. The van der Waals surface area contributed by atoms with Gasteiger partial charge in [0.2, 0.25) is 0 Å². The average Bonchev–Trinajstić information content (AvgIpc) is 3.25. The summed E-state index contributed by atoms with van der Waals surface area (Å²) in [5.41, 5.74) is 2.50. The SMILES string of the molecule is COc1ccc(CNC2CC2)cc1CSc1ncnn1C. The van der Waals surface area contributed by atoms with Gasteiger partial charge in [-0.05, 0) is 30.5 Å². The van der Waals surface area contributed by atoms with Crippen molar-refractivity contribution in [3.05, 3.63) is 35.7 Å². The van der Waals surface area contributed by atoms with Crippen LogP contribution in [0.1, 0.15) is 24.0 Å². The maximum absolute atomic E-state index is 5.46. The number of thioether (sulfide) groups is 1. The lowest BCUT2D eigenvalue weighted by Crippen LogP contribution is -2.15. The Balaban J connectivity index is 1.68. The van der Waals surface area contributed by atoms with Crippen molar-refractivity contribution in [1.29, 1.82) is 0 Å². The fourth-order valence-electron chi connectivity index (χ4n) is 2.16. The normalized spacial score (nSPS) is 14.4. The van der Waals surface area contributed by atoms with Crippen LogP contribution in [0.2, 0.25) is 0 Å². The summed E-state index contributed by atoms with van der Waals surface area (Å²) in [6, 6.07) is 7.13. The lowest BCUT2D eigenvalue weighted by Gasteiger charge is -2.11.